The van der Waals surface area contributed by atoms with Gasteiger partial charge in [0, 0.05) is 35.3 Å². The van der Waals surface area contributed by atoms with Crippen LogP contribution in [0.25, 0.3) is 0 Å². The van der Waals surface area contributed by atoms with Crippen molar-refractivity contribution in [2.24, 2.45) is 0 Å². The highest BCUT2D eigenvalue weighted by atomic mass is 32.2. The first-order chi connectivity index (χ1) is 12.7. The van der Waals surface area contributed by atoms with Gasteiger partial charge in [0.2, 0.25) is 5.91 Å². The lowest BCUT2D eigenvalue weighted by Gasteiger charge is -2.22. The summed E-state index contributed by atoms with van der Waals surface area (Å²) in [5.41, 5.74) is 1.01. The molecule has 6 heteroatoms. The van der Waals surface area contributed by atoms with Gasteiger partial charge in [-0.2, -0.15) is 0 Å². The van der Waals surface area contributed by atoms with Crippen LogP contribution in [0.1, 0.15) is 10.4 Å². The molecule has 134 valence electrons. The molecule has 1 amide bonds. The smallest absolute Gasteiger partial charge is 0.233 e. The van der Waals surface area contributed by atoms with Crippen molar-refractivity contribution in [1.82, 2.24) is 9.88 Å². The maximum absolute atomic E-state index is 13.0. The van der Waals surface area contributed by atoms with Crippen molar-refractivity contribution < 1.29 is 9.18 Å². The van der Waals surface area contributed by atoms with Crippen molar-refractivity contribution >= 4 is 29.0 Å². The lowest BCUT2D eigenvalue weighted by molar-refractivity contribution is -0.128. The number of halogens is 1. The average Bonchev–Trinajstić information content (AvgIpc) is 3.19. The standard InChI is InChI=1S/C20H19FN2OS2/c21-17-5-7-19(8-6-17)26-15-20(24)23(11-9-18-4-2-12-25-18)14-16-3-1-10-22-13-16/h1-8,10,12-13H,9,11,14-15H2. The molecular formula is C20H19FN2OS2. The van der Waals surface area contributed by atoms with Crippen LogP contribution in [0, 0.1) is 5.82 Å². The number of carbonyl (C=O) groups excluding carboxylic acids is 1. The van der Waals surface area contributed by atoms with E-state index in [0.29, 0.717) is 18.8 Å². The molecule has 3 rings (SSSR count). The third-order valence-corrected chi connectivity index (χ3v) is 5.77. The van der Waals surface area contributed by atoms with Crippen molar-refractivity contribution in [2.45, 2.75) is 17.9 Å². The molecule has 0 saturated carbocycles. The van der Waals surface area contributed by atoms with E-state index in [1.54, 1.807) is 35.9 Å². The predicted molar refractivity (Wildman–Crippen MR) is 105 cm³/mol. The minimum absolute atomic E-state index is 0.0692. The van der Waals surface area contributed by atoms with Crippen LogP contribution in [0.3, 0.4) is 0 Å². The van der Waals surface area contributed by atoms with E-state index in [9.17, 15) is 9.18 Å². The monoisotopic (exact) mass is 386 g/mol. The van der Waals surface area contributed by atoms with Crippen LogP contribution in [0.4, 0.5) is 4.39 Å². The molecule has 0 bridgehead atoms. The van der Waals surface area contributed by atoms with Crippen LogP contribution in [-0.4, -0.2) is 28.1 Å². The number of benzene rings is 1. The van der Waals surface area contributed by atoms with Gasteiger partial charge in [-0.3, -0.25) is 9.78 Å². The molecule has 0 aliphatic rings. The van der Waals surface area contributed by atoms with Crippen molar-refractivity contribution in [3.05, 3.63) is 82.6 Å². The van der Waals surface area contributed by atoms with Gasteiger partial charge in [0.1, 0.15) is 5.82 Å². The first-order valence-electron chi connectivity index (χ1n) is 8.28. The van der Waals surface area contributed by atoms with Crippen LogP contribution < -0.4 is 0 Å². The summed E-state index contributed by atoms with van der Waals surface area (Å²) in [6.07, 6.45) is 4.36. The van der Waals surface area contributed by atoms with E-state index in [1.807, 2.05) is 28.5 Å². The van der Waals surface area contributed by atoms with Crippen LogP contribution >= 0.6 is 23.1 Å². The number of hydrogen-bond acceptors (Lipinski definition) is 4. The van der Waals surface area contributed by atoms with Gasteiger partial charge in [-0.05, 0) is 53.8 Å². The van der Waals surface area contributed by atoms with E-state index in [2.05, 4.69) is 11.1 Å². The molecule has 2 heterocycles. The summed E-state index contributed by atoms with van der Waals surface area (Å²) >= 11 is 3.13. The molecule has 26 heavy (non-hydrogen) atoms. The Balaban J connectivity index is 1.62. The van der Waals surface area contributed by atoms with Gasteiger partial charge in [-0.15, -0.1) is 23.1 Å². The van der Waals surface area contributed by atoms with Crippen LogP contribution in [-0.2, 0) is 17.8 Å². The largest absolute Gasteiger partial charge is 0.337 e. The molecule has 0 unspecified atom stereocenters. The summed E-state index contributed by atoms with van der Waals surface area (Å²) in [6, 6.07) is 14.2. The molecule has 0 radical (unpaired) electrons. The van der Waals surface area contributed by atoms with Crippen LogP contribution in [0.5, 0.6) is 0 Å². The molecule has 0 aliphatic carbocycles. The van der Waals surface area contributed by atoms with Crippen molar-refractivity contribution in [3.8, 4) is 0 Å². The van der Waals surface area contributed by atoms with Crippen LogP contribution in [0.2, 0.25) is 0 Å². The lowest BCUT2D eigenvalue weighted by atomic mass is 10.2. The Hall–Kier alpha value is -2.18. The van der Waals surface area contributed by atoms with Gasteiger partial charge in [0.25, 0.3) is 0 Å². The second kappa shape index (κ2) is 9.50. The summed E-state index contributed by atoms with van der Waals surface area (Å²) in [6.45, 7) is 1.21. The zero-order valence-electron chi connectivity index (χ0n) is 14.2. The first-order valence-corrected chi connectivity index (χ1v) is 10.1. The molecular weight excluding hydrogens is 367 g/mol. The van der Waals surface area contributed by atoms with E-state index in [4.69, 9.17) is 0 Å². The summed E-state index contributed by atoms with van der Waals surface area (Å²) in [7, 11) is 0. The molecule has 0 N–H and O–H groups in total. The molecule has 0 fully saturated rings. The Bertz CT molecular complexity index is 808. The minimum Gasteiger partial charge on any atom is -0.337 e. The second-order valence-electron chi connectivity index (χ2n) is 5.75. The number of nitrogens with zero attached hydrogens (tertiary/aromatic N) is 2. The highest BCUT2D eigenvalue weighted by molar-refractivity contribution is 8.00. The van der Waals surface area contributed by atoms with Gasteiger partial charge in [-0.25, -0.2) is 4.39 Å². The van der Waals surface area contributed by atoms with Gasteiger partial charge >= 0.3 is 0 Å². The number of pyridine rings is 1. The average molecular weight is 387 g/mol. The zero-order chi connectivity index (χ0) is 18.2. The van der Waals surface area contributed by atoms with Gasteiger partial charge in [0.05, 0.1) is 5.75 Å². The van der Waals surface area contributed by atoms with E-state index in [1.165, 1.54) is 28.8 Å². The van der Waals surface area contributed by atoms with E-state index in [0.717, 1.165) is 16.9 Å². The second-order valence-corrected chi connectivity index (χ2v) is 7.83. The topological polar surface area (TPSA) is 33.2 Å². The van der Waals surface area contributed by atoms with Gasteiger partial charge < -0.3 is 4.90 Å². The highest BCUT2D eigenvalue weighted by Gasteiger charge is 2.15. The SMILES string of the molecule is O=C(CSc1ccc(F)cc1)N(CCc1cccs1)Cc1cccnc1. The number of hydrogen-bond donors (Lipinski definition) is 0. The number of aromatic nitrogens is 1. The third-order valence-electron chi connectivity index (χ3n) is 3.83. The quantitative estimate of drug-likeness (QED) is 0.529. The normalized spacial score (nSPS) is 10.7. The molecule has 2 aromatic heterocycles. The summed E-state index contributed by atoms with van der Waals surface area (Å²) in [5.74, 6) is 0.130. The Morgan fingerprint density at radius 1 is 1.15 bits per heavy atom. The maximum Gasteiger partial charge on any atom is 0.233 e. The number of rotatable bonds is 8. The Morgan fingerprint density at radius 3 is 2.69 bits per heavy atom. The number of thioether (sulfide) groups is 1. The van der Waals surface area contributed by atoms with Crippen molar-refractivity contribution in [1.29, 1.82) is 0 Å². The number of carbonyl (C=O) groups is 1. The highest BCUT2D eigenvalue weighted by Crippen LogP contribution is 2.19. The molecule has 0 atom stereocenters. The number of thiophene rings is 1. The van der Waals surface area contributed by atoms with E-state index in [-0.39, 0.29) is 11.7 Å². The fraction of sp³-hybridized carbons (Fsp3) is 0.200. The van der Waals surface area contributed by atoms with Crippen molar-refractivity contribution in [2.75, 3.05) is 12.3 Å². The molecule has 0 saturated heterocycles. The summed E-state index contributed by atoms with van der Waals surface area (Å²) in [5, 5.41) is 2.05. The molecule has 1 aromatic carbocycles. The molecule has 0 aliphatic heterocycles. The fourth-order valence-electron chi connectivity index (χ4n) is 2.47. The Labute approximate surface area is 160 Å². The summed E-state index contributed by atoms with van der Waals surface area (Å²) in [4.78, 5) is 20.9. The minimum atomic E-state index is -0.269. The van der Waals surface area contributed by atoms with E-state index >= 15 is 0 Å². The molecule has 3 aromatic rings. The predicted octanol–water partition coefficient (Wildman–Crippen LogP) is 4.65. The third kappa shape index (κ3) is 5.68. The summed E-state index contributed by atoms with van der Waals surface area (Å²) < 4.78 is 13.0. The molecule has 0 spiro atoms. The zero-order valence-corrected chi connectivity index (χ0v) is 15.8. The number of amides is 1. The van der Waals surface area contributed by atoms with Crippen LogP contribution in [0.15, 0.2) is 71.2 Å². The lowest BCUT2D eigenvalue weighted by Crippen LogP contribution is -2.33. The van der Waals surface area contributed by atoms with Crippen molar-refractivity contribution in [3.63, 3.8) is 0 Å². The molecule has 3 nitrogen and oxygen atoms in total. The Morgan fingerprint density at radius 2 is 2.00 bits per heavy atom. The fourth-order valence-corrected chi connectivity index (χ4v) is 3.97. The van der Waals surface area contributed by atoms with E-state index < -0.39 is 0 Å². The Kier molecular flexibility index (Phi) is 6.80. The first kappa shape index (κ1) is 18.6. The van der Waals surface area contributed by atoms with Gasteiger partial charge in [0.15, 0.2) is 0 Å². The maximum atomic E-state index is 13.0. The van der Waals surface area contributed by atoms with Gasteiger partial charge in [-0.1, -0.05) is 12.1 Å².